The van der Waals surface area contributed by atoms with Gasteiger partial charge in [0.1, 0.15) is 5.82 Å². The number of aromatic nitrogens is 1. The lowest BCUT2D eigenvalue weighted by molar-refractivity contribution is 0.0983. The normalized spacial score (nSPS) is 12.0. The lowest BCUT2D eigenvalue weighted by atomic mass is 9.99. The van der Waals surface area contributed by atoms with E-state index in [1.165, 1.54) is 12.1 Å². The molecular weight excluding hydrogens is 505 g/mol. The van der Waals surface area contributed by atoms with Crippen LogP contribution in [0.1, 0.15) is 31.8 Å². The van der Waals surface area contributed by atoms with Gasteiger partial charge in [-0.2, -0.15) is 0 Å². The van der Waals surface area contributed by atoms with Crippen LogP contribution in [0.25, 0.3) is 11.1 Å². The zero-order valence-electron chi connectivity index (χ0n) is 21.6. The smallest absolute Gasteiger partial charge is 0.259 e. The van der Waals surface area contributed by atoms with Crippen LogP contribution in [0, 0.1) is 12.7 Å². The second-order valence-electron chi connectivity index (χ2n) is 9.44. The molecule has 0 fully saturated rings. The Labute approximate surface area is 230 Å². The molecule has 1 N–H and O–H groups in total. The molecule has 1 aromatic heterocycles. The van der Waals surface area contributed by atoms with Crippen LogP contribution in [0.5, 0.6) is 11.6 Å². The number of nitrogens with zero attached hydrogens (tertiary/aromatic N) is 2. The van der Waals surface area contributed by atoms with Gasteiger partial charge in [-0.1, -0.05) is 66.7 Å². The van der Waals surface area contributed by atoms with Gasteiger partial charge in [0.25, 0.3) is 11.8 Å². The summed E-state index contributed by atoms with van der Waals surface area (Å²) in [6.07, 6.45) is 1.63. The number of nitrogens with one attached hydrogen (secondary N) is 1. The standard InChI is InChI=1S/C33H24FN3O3/c1-21-18-28(36-31(38)25-14-6-5-13-24(25)22-10-3-2-4-11-22)27(34)19-26(21)33(39)37-20-23-12-9-17-35-32(23)40-30-16-8-7-15-29(30)37/h2-19H,20H2,1H3,(H,36,38). The van der Waals surface area contributed by atoms with Crippen molar-refractivity contribution in [3.8, 4) is 22.8 Å². The number of halogens is 1. The average Bonchev–Trinajstić information content (AvgIpc) is 3.16. The third kappa shape index (κ3) is 4.69. The van der Waals surface area contributed by atoms with Gasteiger partial charge < -0.3 is 15.0 Å². The van der Waals surface area contributed by atoms with E-state index < -0.39 is 17.6 Å². The summed E-state index contributed by atoms with van der Waals surface area (Å²) >= 11 is 0. The molecule has 6 rings (SSSR count). The highest BCUT2D eigenvalue weighted by molar-refractivity contribution is 6.10. The molecule has 0 unspecified atom stereocenters. The molecule has 4 aromatic carbocycles. The minimum absolute atomic E-state index is 0.00365. The number of amides is 2. The first-order chi connectivity index (χ1) is 19.5. The van der Waals surface area contributed by atoms with Gasteiger partial charge in [0.05, 0.1) is 17.9 Å². The van der Waals surface area contributed by atoms with Gasteiger partial charge in [0, 0.05) is 22.9 Å². The summed E-state index contributed by atoms with van der Waals surface area (Å²) in [4.78, 5) is 33.0. The predicted molar refractivity (Wildman–Crippen MR) is 152 cm³/mol. The monoisotopic (exact) mass is 529 g/mol. The maximum Gasteiger partial charge on any atom is 0.259 e. The van der Waals surface area contributed by atoms with Crippen LogP contribution in [0.15, 0.2) is 109 Å². The molecule has 0 radical (unpaired) electrons. The molecular formula is C33H24FN3O3. The number of aryl methyl sites for hydroxylation is 1. The molecule has 5 aromatic rings. The molecule has 2 amide bonds. The van der Waals surface area contributed by atoms with E-state index in [0.29, 0.717) is 28.4 Å². The molecule has 0 spiro atoms. The molecule has 40 heavy (non-hydrogen) atoms. The molecule has 0 atom stereocenters. The summed E-state index contributed by atoms with van der Waals surface area (Å²) in [6.45, 7) is 1.92. The van der Waals surface area contributed by atoms with Crippen LogP contribution >= 0.6 is 0 Å². The fourth-order valence-electron chi connectivity index (χ4n) is 4.84. The highest BCUT2D eigenvalue weighted by atomic mass is 19.1. The topological polar surface area (TPSA) is 71.5 Å². The molecule has 0 aliphatic carbocycles. The molecule has 6 nitrogen and oxygen atoms in total. The van der Waals surface area contributed by atoms with Gasteiger partial charge in [-0.25, -0.2) is 9.37 Å². The van der Waals surface area contributed by atoms with Crippen molar-refractivity contribution in [3.63, 3.8) is 0 Å². The molecule has 196 valence electrons. The summed E-state index contributed by atoms with van der Waals surface area (Å²) in [5.41, 5.74) is 4.02. The summed E-state index contributed by atoms with van der Waals surface area (Å²) in [5, 5.41) is 2.69. The van der Waals surface area contributed by atoms with Crippen molar-refractivity contribution in [2.75, 3.05) is 10.2 Å². The zero-order valence-corrected chi connectivity index (χ0v) is 21.6. The number of ether oxygens (including phenoxy) is 1. The van der Waals surface area contributed by atoms with Crippen LogP contribution in [0.2, 0.25) is 0 Å². The van der Waals surface area contributed by atoms with Crippen molar-refractivity contribution < 1.29 is 18.7 Å². The number of carbonyl (C=O) groups is 2. The Bertz CT molecular complexity index is 1750. The van der Waals surface area contributed by atoms with Gasteiger partial charge in [0.2, 0.25) is 5.88 Å². The second kappa shape index (κ2) is 10.5. The fourth-order valence-corrected chi connectivity index (χ4v) is 4.84. The number of benzene rings is 4. The number of rotatable bonds is 4. The number of pyridine rings is 1. The maximum atomic E-state index is 15.5. The van der Waals surface area contributed by atoms with E-state index in [-0.39, 0.29) is 17.8 Å². The van der Waals surface area contributed by atoms with Gasteiger partial charge in [-0.05, 0) is 60.0 Å². The zero-order chi connectivity index (χ0) is 27.6. The summed E-state index contributed by atoms with van der Waals surface area (Å²) in [7, 11) is 0. The number of anilines is 2. The van der Waals surface area contributed by atoms with Crippen molar-refractivity contribution >= 4 is 23.2 Å². The number of carbonyl (C=O) groups excluding carboxylic acids is 2. The van der Waals surface area contributed by atoms with Gasteiger partial charge >= 0.3 is 0 Å². The van der Waals surface area contributed by atoms with E-state index in [9.17, 15) is 9.59 Å². The second-order valence-corrected chi connectivity index (χ2v) is 9.44. The average molecular weight is 530 g/mol. The predicted octanol–water partition coefficient (Wildman–Crippen LogP) is 7.40. The van der Waals surface area contributed by atoms with E-state index in [2.05, 4.69) is 10.3 Å². The van der Waals surface area contributed by atoms with Crippen LogP contribution in [-0.4, -0.2) is 16.8 Å². The quantitative estimate of drug-likeness (QED) is 0.263. The molecule has 1 aliphatic rings. The minimum Gasteiger partial charge on any atom is -0.436 e. The molecule has 2 heterocycles. The number of fused-ring (bicyclic) bond motifs is 2. The first-order valence-corrected chi connectivity index (χ1v) is 12.8. The molecule has 7 heteroatoms. The lowest BCUT2D eigenvalue weighted by Crippen LogP contribution is -2.30. The summed E-state index contributed by atoms with van der Waals surface area (Å²) < 4.78 is 21.4. The summed E-state index contributed by atoms with van der Waals surface area (Å²) in [6, 6.07) is 30.1. The SMILES string of the molecule is Cc1cc(NC(=O)c2ccccc2-c2ccccc2)c(F)cc1C(=O)N1Cc2cccnc2Oc2ccccc21. The van der Waals surface area contributed by atoms with Crippen molar-refractivity contribution in [1.29, 1.82) is 0 Å². The Morgan fingerprint density at radius 3 is 2.48 bits per heavy atom. The van der Waals surface area contributed by atoms with Crippen molar-refractivity contribution in [1.82, 2.24) is 4.98 Å². The third-order valence-electron chi connectivity index (χ3n) is 6.84. The van der Waals surface area contributed by atoms with Crippen molar-refractivity contribution in [2.45, 2.75) is 13.5 Å². The molecule has 1 aliphatic heterocycles. The Morgan fingerprint density at radius 2 is 1.62 bits per heavy atom. The van der Waals surface area contributed by atoms with Gasteiger partial charge in [-0.3, -0.25) is 9.59 Å². The highest BCUT2D eigenvalue weighted by Crippen LogP contribution is 2.39. The van der Waals surface area contributed by atoms with E-state index in [1.54, 1.807) is 48.4 Å². The van der Waals surface area contributed by atoms with E-state index in [0.717, 1.165) is 16.7 Å². The lowest BCUT2D eigenvalue weighted by Gasteiger charge is -2.23. The number of hydrogen-bond donors (Lipinski definition) is 1. The van der Waals surface area contributed by atoms with E-state index in [4.69, 9.17) is 4.74 Å². The maximum absolute atomic E-state index is 15.5. The Morgan fingerprint density at radius 1 is 0.875 bits per heavy atom. The first-order valence-electron chi connectivity index (χ1n) is 12.8. The number of para-hydroxylation sites is 2. The van der Waals surface area contributed by atoms with Gasteiger partial charge in [-0.15, -0.1) is 0 Å². The first kappa shape index (κ1) is 25.0. The van der Waals surface area contributed by atoms with Crippen LogP contribution in [0.4, 0.5) is 15.8 Å². The largest absolute Gasteiger partial charge is 0.436 e. The van der Waals surface area contributed by atoms with Crippen LogP contribution < -0.4 is 15.0 Å². The molecule has 0 saturated carbocycles. The Kier molecular flexibility index (Phi) is 6.54. The van der Waals surface area contributed by atoms with Crippen molar-refractivity contribution in [3.05, 3.63) is 137 Å². The van der Waals surface area contributed by atoms with E-state index >= 15 is 4.39 Å². The summed E-state index contributed by atoms with van der Waals surface area (Å²) in [5.74, 6) is -0.647. The molecule has 0 saturated heterocycles. The highest BCUT2D eigenvalue weighted by Gasteiger charge is 2.28. The molecule has 0 bridgehead atoms. The Hall–Kier alpha value is -5.30. The van der Waals surface area contributed by atoms with Crippen molar-refractivity contribution in [2.24, 2.45) is 0 Å². The third-order valence-corrected chi connectivity index (χ3v) is 6.84. The minimum atomic E-state index is -0.707. The van der Waals surface area contributed by atoms with Crippen LogP contribution in [-0.2, 0) is 6.54 Å². The number of hydrogen-bond acceptors (Lipinski definition) is 4. The van der Waals surface area contributed by atoms with E-state index in [1.807, 2.05) is 60.7 Å². The fraction of sp³-hybridized carbons (Fsp3) is 0.0606. The van der Waals surface area contributed by atoms with Crippen LogP contribution in [0.3, 0.4) is 0 Å². The van der Waals surface area contributed by atoms with Gasteiger partial charge in [0.15, 0.2) is 5.75 Å². The Balaban J connectivity index is 1.31.